The van der Waals surface area contributed by atoms with Crippen LogP contribution in [-0.4, -0.2) is 40.2 Å². The van der Waals surface area contributed by atoms with Crippen LogP contribution >= 0.6 is 0 Å². The van der Waals surface area contributed by atoms with E-state index < -0.39 is 17.9 Å². The van der Waals surface area contributed by atoms with Gasteiger partial charge in [0.15, 0.2) is 0 Å². The van der Waals surface area contributed by atoms with Gasteiger partial charge in [0.2, 0.25) is 5.82 Å². The molecular formula is C11H15N3O4. The van der Waals surface area contributed by atoms with Crippen LogP contribution < -0.4 is 5.32 Å². The maximum atomic E-state index is 11.2. The first-order chi connectivity index (χ1) is 8.45. The molecule has 1 aromatic rings. The van der Waals surface area contributed by atoms with Gasteiger partial charge in [0, 0.05) is 12.2 Å². The zero-order valence-corrected chi connectivity index (χ0v) is 10.4. The predicted molar refractivity (Wildman–Crippen MR) is 63.3 cm³/mol. The first-order valence-corrected chi connectivity index (χ1v) is 5.36. The third-order valence-corrected chi connectivity index (χ3v) is 2.54. The summed E-state index contributed by atoms with van der Waals surface area (Å²) >= 11 is 0. The highest BCUT2D eigenvalue weighted by Gasteiger charge is 2.20. The van der Waals surface area contributed by atoms with Crippen molar-refractivity contribution in [2.75, 3.05) is 12.4 Å². The van der Waals surface area contributed by atoms with Crippen molar-refractivity contribution in [3.8, 4) is 0 Å². The molecule has 18 heavy (non-hydrogen) atoms. The van der Waals surface area contributed by atoms with Gasteiger partial charge < -0.3 is 15.2 Å². The van der Waals surface area contributed by atoms with Crippen LogP contribution in [0.5, 0.6) is 0 Å². The van der Waals surface area contributed by atoms with E-state index in [1.54, 1.807) is 19.9 Å². The Morgan fingerprint density at radius 2 is 2.11 bits per heavy atom. The number of ether oxygens (including phenoxy) is 1. The predicted octanol–water partition coefficient (Wildman–Crippen LogP) is 0.784. The van der Waals surface area contributed by atoms with Gasteiger partial charge in [0.1, 0.15) is 5.82 Å². The molecule has 0 aromatic carbocycles. The number of aromatic nitrogens is 2. The van der Waals surface area contributed by atoms with Crippen LogP contribution in [0.3, 0.4) is 0 Å². The largest absolute Gasteiger partial charge is 0.481 e. The quantitative estimate of drug-likeness (QED) is 0.748. The number of aliphatic carboxylic acids is 1. The van der Waals surface area contributed by atoms with Gasteiger partial charge in [-0.3, -0.25) is 4.79 Å². The zero-order chi connectivity index (χ0) is 13.7. The number of carbonyl (C=O) groups is 2. The van der Waals surface area contributed by atoms with Gasteiger partial charge in [-0.2, -0.15) is 0 Å². The number of methoxy groups -OCH3 is 1. The number of nitrogens with one attached hydrogen (secondary N) is 1. The minimum atomic E-state index is -0.905. The molecule has 1 rings (SSSR count). The number of hydrogen-bond acceptors (Lipinski definition) is 6. The molecule has 2 atom stereocenters. The van der Waals surface area contributed by atoms with E-state index in [4.69, 9.17) is 5.11 Å². The number of nitrogens with zero attached hydrogens (tertiary/aromatic N) is 2. The first-order valence-electron chi connectivity index (χ1n) is 5.36. The van der Waals surface area contributed by atoms with Gasteiger partial charge in [-0.15, -0.1) is 0 Å². The zero-order valence-electron chi connectivity index (χ0n) is 10.4. The van der Waals surface area contributed by atoms with Gasteiger partial charge in [0.25, 0.3) is 0 Å². The molecule has 1 heterocycles. The lowest BCUT2D eigenvalue weighted by molar-refractivity contribution is -0.141. The number of carbonyl (C=O) groups excluding carboxylic acids is 1. The molecule has 98 valence electrons. The minimum absolute atomic E-state index is 0.0716. The van der Waals surface area contributed by atoms with Crippen LogP contribution in [0.15, 0.2) is 12.3 Å². The second-order valence-corrected chi connectivity index (χ2v) is 3.82. The lowest BCUT2D eigenvalue weighted by Crippen LogP contribution is -2.30. The van der Waals surface area contributed by atoms with E-state index in [0.717, 1.165) is 0 Å². The highest BCUT2D eigenvalue weighted by molar-refractivity contribution is 5.85. The Hall–Kier alpha value is -2.18. The van der Waals surface area contributed by atoms with E-state index in [9.17, 15) is 9.59 Å². The van der Waals surface area contributed by atoms with Crippen molar-refractivity contribution in [1.29, 1.82) is 0 Å². The van der Waals surface area contributed by atoms with Crippen LogP contribution in [0, 0.1) is 5.92 Å². The van der Waals surface area contributed by atoms with Crippen LogP contribution in [-0.2, 0) is 9.53 Å². The molecule has 0 saturated heterocycles. The maximum Gasteiger partial charge on any atom is 0.376 e. The third-order valence-electron chi connectivity index (χ3n) is 2.54. The van der Waals surface area contributed by atoms with Gasteiger partial charge in [-0.05, 0) is 19.9 Å². The summed E-state index contributed by atoms with van der Waals surface area (Å²) in [5.74, 6) is -1.82. The maximum absolute atomic E-state index is 11.2. The van der Waals surface area contributed by atoms with Gasteiger partial charge >= 0.3 is 11.9 Å². The highest BCUT2D eigenvalue weighted by Crippen LogP contribution is 2.10. The summed E-state index contributed by atoms with van der Waals surface area (Å²) in [7, 11) is 1.24. The Morgan fingerprint density at radius 3 is 2.67 bits per heavy atom. The van der Waals surface area contributed by atoms with Gasteiger partial charge in [-0.1, -0.05) is 0 Å². The number of rotatable bonds is 5. The molecule has 0 amide bonds. The molecule has 0 aliphatic carbocycles. The Bertz CT molecular complexity index is 450. The van der Waals surface area contributed by atoms with Crippen LogP contribution in [0.1, 0.15) is 24.5 Å². The lowest BCUT2D eigenvalue weighted by Gasteiger charge is -2.18. The van der Waals surface area contributed by atoms with Crippen molar-refractivity contribution in [2.45, 2.75) is 19.9 Å². The van der Waals surface area contributed by atoms with Crippen molar-refractivity contribution in [2.24, 2.45) is 5.92 Å². The second-order valence-electron chi connectivity index (χ2n) is 3.82. The summed E-state index contributed by atoms with van der Waals surface area (Å²) in [6.07, 6.45) is 1.40. The summed E-state index contributed by atoms with van der Waals surface area (Å²) in [6, 6.07) is 1.22. The minimum Gasteiger partial charge on any atom is -0.481 e. The molecule has 0 bridgehead atoms. The summed E-state index contributed by atoms with van der Waals surface area (Å²) in [4.78, 5) is 29.7. The monoisotopic (exact) mass is 253 g/mol. The van der Waals surface area contributed by atoms with Gasteiger partial charge in [-0.25, -0.2) is 14.8 Å². The van der Waals surface area contributed by atoms with Gasteiger partial charge in [0.05, 0.1) is 13.0 Å². The number of hydrogen-bond donors (Lipinski definition) is 2. The Labute approximate surface area is 104 Å². The fraction of sp³-hybridized carbons (Fsp3) is 0.455. The number of anilines is 1. The topological polar surface area (TPSA) is 101 Å². The Balaban J connectivity index is 2.79. The Kier molecular flexibility index (Phi) is 4.59. The Morgan fingerprint density at radius 1 is 1.44 bits per heavy atom. The molecule has 7 nitrogen and oxygen atoms in total. The lowest BCUT2D eigenvalue weighted by atomic mass is 10.0. The van der Waals surface area contributed by atoms with Crippen LogP contribution in [0.2, 0.25) is 0 Å². The number of esters is 1. The van der Waals surface area contributed by atoms with E-state index in [1.807, 2.05) is 0 Å². The van der Waals surface area contributed by atoms with Crippen molar-refractivity contribution in [3.63, 3.8) is 0 Å². The van der Waals surface area contributed by atoms with E-state index in [0.29, 0.717) is 5.82 Å². The second kappa shape index (κ2) is 5.95. The molecule has 1 aromatic heterocycles. The van der Waals surface area contributed by atoms with E-state index in [2.05, 4.69) is 20.0 Å². The molecule has 0 fully saturated rings. The smallest absolute Gasteiger partial charge is 0.376 e. The van der Waals surface area contributed by atoms with Crippen LogP contribution in [0.25, 0.3) is 0 Å². The molecule has 0 radical (unpaired) electrons. The average molecular weight is 253 g/mol. The molecular weight excluding hydrogens is 238 g/mol. The molecule has 0 aliphatic rings. The summed E-state index contributed by atoms with van der Waals surface area (Å²) in [5, 5.41) is 11.8. The van der Waals surface area contributed by atoms with E-state index >= 15 is 0 Å². The fourth-order valence-corrected chi connectivity index (χ4v) is 1.20. The fourth-order valence-electron chi connectivity index (χ4n) is 1.20. The van der Waals surface area contributed by atoms with Crippen molar-refractivity contribution < 1.29 is 19.4 Å². The number of carboxylic acid groups (broad SMARTS) is 1. The highest BCUT2D eigenvalue weighted by atomic mass is 16.5. The molecule has 2 N–H and O–H groups in total. The SMILES string of the molecule is COC(=O)c1nccc(NC(C)C(C)C(=O)O)n1. The molecule has 2 unspecified atom stereocenters. The third kappa shape index (κ3) is 3.41. The normalized spacial score (nSPS) is 13.5. The summed E-state index contributed by atoms with van der Waals surface area (Å²) in [5.41, 5.74) is 0. The summed E-state index contributed by atoms with van der Waals surface area (Å²) < 4.78 is 4.50. The molecule has 0 aliphatic heterocycles. The molecule has 0 spiro atoms. The first kappa shape index (κ1) is 13.9. The van der Waals surface area contributed by atoms with Crippen LogP contribution in [0.4, 0.5) is 5.82 Å². The molecule has 0 saturated carbocycles. The van der Waals surface area contributed by atoms with E-state index in [1.165, 1.54) is 13.3 Å². The molecule has 7 heteroatoms. The van der Waals surface area contributed by atoms with E-state index in [-0.39, 0.29) is 11.9 Å². The van der Waals surface area contributed by atoms with Crippen molar-refractivity contribution in [3.05, 3.63) is 18.1 Å². The number of carboxylic acids is 1. The standard InChI is InChI=1S/C11H15N3O4/c1-6(10(15)16)7(2)13-8-4-5-12-9(14-8)11(17)18-3/h4-7H,1-3H3,(H,15,16)(H,12,13,14). The van der Waals surface area contributed by atoms with Crippen molar-refractivity contribution in [1.82, 2.24) is 9.97 Å². The summed E-state index contributed by atoms with van der Waals surface area (Å²) in [6.45, 7) is 3.31. The average Bonchev–Trinajstić information content (AvgIpc) is 2.36. The van der Waals surface area contributed by atoms with Crippen molar-refractivity contribution >= 4 is 17.8 Å².